The normalized spacial score (nSPS) is 12.7. The summed E-state index contributed by atoms with van der Waals surface area (Å²) in [5.41, 5.74) is 0.932. The number of benzene rings is 1. The predicted octanol–water partition coefficient (Wildman–Crippen LogP) is 4.03. The molecule has 0 spiro atoms. The third-order valence-corrected chi connectivity index (χ3v) is 5.85. The first kappa shape index (κ1) is 17.8. The van der Waals surface area contributed by atoms with Gasteiger partial charge in [0.25, 0.3) is 0 Å². The third kappa shape index (κ3) is 4.25. The van der Waals surface area contributed by atoms with Gasteiger partial charge < -0.3 is 4.90 Å². The van der Waals surface area contributed by atoms with Crippen LogP contribution in [0, 0.1) is 0 Å². The number of nitrogens with one attached hydrogen (secondary N) is 1. The second kappa shape index (κ2) is 6.90. The number of halogens is 1. The Balaban J connectivity index is 2.14. The summed E-state index contributed by atoms with van der Waals surface area (Å²) in [5, 5.41) is 5.25. The van der Waals surface area contributed by atoms with Crippen LogP contribution in [0.5, 0.6) is 0 Å². The van der Waals surface area contributed by atoms with E-state index < -0.39 is 9.84 Å². The number of anilines is 1. The van der Waals surface area contributed by atoms with E-state index in [1.807, 2.05) is 19.1 Å². The zero-order valence-corrected chi connectivity index (χ0v) is 15.3. The molecule has 2 aromatic rings. The summed E-state index contributed by atoms with van der Waals surface area (Å²) in [6.45, 7) is 1.88. The maximum atomic E-state index is 12.4. The minimum absolute atomic E-state index is 0.128. The fourth-order valence-corrected chi connectivity index (χ4v) is 4.19. The number of carbonyl (C=O) groups excluding carboxylic acids is 1. The lowest BCUT2D eigenvalue weighted by atomic mass is 10.1. The van der Waals surface area contributed by atoms with Crippen LogP contribution in [-0.4, -0.2) is 32.7 Å². The summed E-state index contributed by atoms with van der Waals surface area (Å²) >= 11 is 7.04. The second-order valence-electron chi connectivity index (χ2n) is 5.15. The molecule has 2 amide bonds. The van der Waals surface area contributed by atoms with Gasteiger partial charge in [0.1, 0.15) is 9.90 Å². The molecule has 0 aliphatic rings. The lowest BCUT2D eigenvalue weighted by Gasteiger charge is -2.25. The topological polar surface area (TPSA) is 66.5 Å². The van der Waals surface area contributed by atoms with Gasteiger partial charge in [-0.15, -0.1) is 11.3 Å². The van der Waals surface area contributed by atoms with E-state index in [4.69, 9.17) is 11.6 Å². The van der Waals surface area contributed by atoms with Crippen molar-refractivity contribution in [3.63, 3.8) is 0 Å². The van der Waals surface area contributed by atoms with Crippen molar-refractivity contribution in [3.8, 4) is 0 Å². The number of thiophene rings is 1. The van der Waals surface area contributed by atoms with E-state index in [2.05, 4.69) is 5.32 Å². The van der Waals surface area contributed by atoms with Crippen LogP contribution in [0.3, 0.4) is 0 Å². The molecule has 5 nitrogen and oxygen atoms in total. The third-order valence-electron chi connectivity index (χ3n) is 3.50. The summed E-state index contributed by atoms with van der Waals surface area (Å²) in [7, 11) is -1.72. The number of sulfone groups is 1. The summed E-state index contributed by atoms with van der Waals surface area (Å²) < 4.78 is 23.4. The number of hydrogen-bond donors (Lipinski definition) is 1. The summed E-state index contributed by atoms with van der Waals surface area (Å²) in [4.78, 5) is 14.0. The van der Waals surface area contributed by atoms with Crippen LogP contribution in [0.2, 0.25) is 5.02 Å². The van der Waals surface area contributed by atoms with Crippen molar-refractivity contribution >= 4 is 43.8 Å². The molecule has 0 aliphatic heterocycles. The van der Waals surface area contributed by atoms with Crippen LogP contribution in [0.15, 0.2) is 40.6 Å². The van der Waals surface area contributed by atoms with Crippen LogP contribution >= 0.6 is 22.9 Å². The molecule has 0 unspecified atom stereocenters. The maximum absolute atomic E-state index is 12.4. The number of urea groups is 1. The van der Waals surface area contributed by atoms with Crippen molar-refractivity contribution in [2.75, 3.05) is 18.6 Å². The SMILES string of the molecule is C[C@H](c1ccc(Cl)cc1)N(C)C(=O)Nc1sccc1S(C)(=O)=O. The van der Waals surface area contributed by atoms with Crippen LogP contribution in [0.4, 0.5) is 9.80 Å². The first-order valence-corrected chi connectivity index (χ1v) is 9.92. The monoisotopic (exact) mass is 372 g/mol. The lowest BCUT2D eigenvalue weighted by molar-refractivity contribution is 0.208. The zero-order chi connectivity index (χ0) is 17.2. The smallest absolute Gasteiger partial charge is 0.321 e. The number of rotatable bonds is 4. The highest BCUT2D eigenvalue weighted by molar-refractivity contribution is 7.91. The molecule has 1 N–H and O–H groups in total. The molecule has 1 atom stereocenters. The average molecular weight is 373 g/mol. The Kier molecular flexibility index (Phi) is 5.33. The molecule has 0 aliphatic carbocycles. The molecule has 1 aromatic heterocycles. The van der Waals surface area contributed by atoms with Gasteiger partial charge in [0.2, 0.25) is 0 Å². The Morgan fingerprint density at radius 2 is 1.87 bits per heavy atom. The minimum atomic E-state index is -3.38. The van der Waals surface area contributed by atoms with Gasteiger partial charge in [0, 0.05) is 18.3 Å². The molecule has 23 heavy (non-hydrogen) atoms. The highest BCUT2D eigenvalue weighted by Crippen LogP contribution is 2.29. The van der Waals surface area contributed by atoms with Crippen molar-refractivity contribution in [2.45, 2.75) is 17.9 Å². The molecule has 0 fully saturated rings. The first-order valence-electron chi connectivity index (χ1n) is 6.77. The Morgan fingerprint density at radius 1 is 1.26 bits per heavy atom. The van der Waals surface area contributed by atoms with Crippen molar-refractivity contribution in [3.05, 3.63) is 46.3 Å². The van der Waals surface area contributed by atoms with Crippen molar-refractivity contribution in [2.24, 2.45) is 0 Å². The predicted molar refractivity (Wildman–Crippen MR) is 94.1 cm³/mol. The van der Waals surface area contributed by atoms with E-state index >= 15 is 0 Å². The van der Waals surface area contributed by atoms with Gasteiger partial charge in [0.15, 0.2) is 9.84 Å². The molecule has 0 saturated heterocycles. The molecule has 0 bridgehead atoms. The Hall–Kier alpha value is -1.57. The largest absolute Gasteiger partial charge is 0.322 e. The fourth-order valence-electron chi connectivity index (χ4n) is 2.01. The highest BCUT2D eigenvalue weighted by Gasteiger charge is 2.21. The highest BCUT2D eigenvalue weighted by atomic mass is 35.5. The fraction of sp³-hybridized carbons (Fsp3) is 0.267. The first-order chi connectivity index (χ1) is 10.7. The maximum Gasteiger partial charge on any atom is 0.322 e. The molecule has 8 heteroatoms. The molecular weight excluding hydrogens is 356 g/mol. The quantitative estimate of drug-likeness (QED) is 0.881. The Morgan fingerprint density at radius 3 is 2.43 bits per heavy atom. The number of carbonyl (C=O) groups is 1. The average Bonchev–Trinajstić information content (AvgIpc) is 2.94. The van der Waals surface area contributed by atoms with Gasteiger partial charge in [0.05, 0.1) is 6.04 Å². The number of nitrogens with zero attached hydrogens (tertiary/aromatic N) is 1. The molecule has 2 rings (SSSR count). The standard InChI is InChI=1S/C15H17ClN2O3S2/c1-10(11-4-6-12(16)7-5-11)18(2)15(19)17-14-13(8-9-22-14)23(3,20)21/h4-10H,1-3H3,(H,17,19)/t10-/m1/s1. The van der Waals surface area contributed by atoms with Crippen LogP contribution in [-0.2, 0) is 9.84 Å². The van der Waals surface area contributed by atoms with Crippen LogP contribution in [0.25, 0.3) is 0 Å². The Labute approximate surface area is 144 Å². The number of hydrogen-bond acceptors (Lipinski definition) is 4. The van der Waals surface area contributed by atoms with Gasteiger partial charge in [-0.05, 0) is 36.1 Å². The summed E-state index contributed by atoms with van der Waals surface area (Å²) in [5.74, 6) is 0. The van der Waals surface area contributed by atoms with Gasteiger partial charge in [-0.2, -0.15) is 0 Å². The van der Waals surface area contributed by atoms with Gasteiger partial charge in [-0.1, -0.05) is 23.7 Å². The van der Waals surface area contributed by atoms with Crippen molar-refractivity contribution in [1.82, 2.24) is 4.90 Å². The minimum Gasteiger partial charge on any atom is -0.321 e. The summed E-state index contributed by atoms with van der Waals surface area (Å²) in [6.07, 6.45) is 1.12. The van der Waals surface area contributed by atoms with Gasteiger partial charge in [-0.3, -0.25) is 5.32 Å². The van der Waals surface area contributed by atoms with Crippen molar-refractivity contribution in [1.29, 1.82) is 0 Å². The lowest BCUT2D eigenvalue weighted by Crippen LogP contribution is -2.33. The van der Waals surface area contributed by atoms with Gasteiger partial charge >= 0.3 is 6.03 Å². The van der Waals surface area contributed by atoms with E-state index in [9.17, 15) is 13.2 Å². The van der Waals surface area contributed by atoms with E-state index in [0.29, 0.717) is 10.0 Å². The molecule has 0 radical (unpaired) electrons. The Bertz CT molecular complexity index is 800. The number of amides is 2. The van der Waals surface area contributed by atoms with E-state index in [0.717, 1.165) is 11.8 Å². The summed E-state index contributed by atoms with van der Waals surface area (Å²) in [6, 6.07) is 8.15. The molecule has 0 saturated carbocycles. The van der Waals surface area contributed by atoms with E-state index in [1.54, 1.807) is 24.6 Å². The molecule has 1 heterocycles. The van der Waals surface area contributed by atoms with Gasteiger partial charge in [-0.25, -0.2) is 13.2 Å². The van der Waals surface area contributed by atoms with Crippen LogP contribution in [0.1, 0.15) is 18.5 Å². The van der Waals surface area contributed by atoms with Crippen molar-refractivity contribution < 1.29 is 13.2 Å². The van der Waals surface area contributed by atoms with E-state index in [-0.39, 0.29) is 17.0 Å². The zero-order valence-electron chi connectivity index (χ0n) is 12.9. The molecular formula is C15H17ClN2O3S2. The second-order valence-corrected chi connectivity index (χ2v) is 8.49. The van der Waals surface area contributed by atoms with E-state index in [1.165, 1.54) is 22.3 Å². The molecule has 124 valence electrons. The molecule has 1 aromatic carbocycles. The van der Waals surface area contributed by atoms with Crippen LogP contribution < -0.4 is 5.32 Å².